The second-order valence-corrected chi connectivity index (χ2v) is 18.5. The predicted octanol–water partition coefficient (Wildman–Crippen LogP) is 18.9. The summed E-state index contributed by atoms with van der Waals surface area (Å²) in [5.41, 5.74) is 29.8. The number of fused-ring (bicyclic) bond motifs is 13. The van der Waals surface area contributed by atoms with Crippen molar-refractivity contribution in [1.82, 2.24) is 4.57 Å². The quantitative estimate of drug-likeness (QED) is 0.159. The Balaban J connectivity index is 0.000000505. The zero-order valence-electron chi connectivity index (χ0n) is 42.8. The zero-order valence-corrected chi connectivity index (χ0v) is 42.8. The molecule has 0 radical (unpaired) electrons. The van der Waals surface area contributed by atoms with Crippen molar-refractivity contribution in [3.05, 3.63) is 293 Å². The van der Waals surface area contributed by atoms with Gasteiger partial charge in [0.15, 0.2) is 0 Å². The van der Waals surface area contributed by atoms with Crippen LogP contribution >= 0.6 is 0 Å². The van der Waals surface area contributed by atoms with Gasteiger partial charge in [-0.3, -0.25) is 0 Å². The highest BCUT2D eigenvalue weighted by atomic mass is 15.0. The Hall–Kier alpha value is -8.46. The molecule has 1 spiro atoms. The fourth-order valence-corrected chi connectivity index (χ4v) is 11.2. The molecule has 9 aromatic carbocycles. The van der Waals surface area contributed by atoms with E-state index in [2.05, 4.69) is 224 Å². The van der Waals surface area contributed by atoms with Crippen LogP contribution in [0.25, 0.3) is 72.1 Å². The number of nitrogens with zero attached hydrogens (tertiary/aromatic N) is 1. The van der Waals surface area contributed by atoms with Gasteiger partial charge in [0, 0.05) is 22.2 Å². The van der Waals surface area contributed by atoms with Gasteiger partial charge >= 0.3 is 0 Å². The molecule has 0 atom stereocenters. The number of allylic oxidation sites excluding steroid dienone is 7. The van der Waals surface area contributed by atoms with Gasteiger partial charge in [-0.2, -0.15) is 0 Å². The number of nitrogens with two attached hydrogens (primary N) is 1. The van der Waals surface area contributed by atoms with E-state index in [4.69, 9.17) is 5.73 Å². The van der Waals surface area contributed by atoms with Crippen LogP contribution in [0.1, 0.15) is 85.9 Å². The molecule has 1 aromatic heterocycles. The predicted molar refractivity (Wildman–Crippen MR) is 314 cm³/mol. The molecule has 0 bridgehead atoms. The first kappa shape index (κ1) is 48.2. The average molecular weight is 945 g/mol. The maximum absolute atomic E-state index is 6.72. The lowest BCUT2D eigenvalue weighted by molar-refractivity contribution is 0.794. The van der Waals surface area contributed by atoms with Gasteiger partial charge in [0.05, 0.1) is 16.4 Å². The molecule has 0 saturated heterocycles. The molecule has 73 heavy (non-hydrogen) atoms. The molecule has 0 aliphatic heterocycles. The Morgan fingerprint density at radius 2 is 1.03 bits per heavy atom. The van der Waals surface area contributed by atoms with E-state index in [-0.39, 0.29) is 5.41 Å². The molecule has 2 heteroatoms. The highest BCUT2D eigenvalue weighted by molar-refractivity contribution is 6.10. The van der Waals surface area contributed by atoms with Gasteiger partial charge < -0.3 is 10.3 Å². The first-order valence-corrected chi connectivity index (χ1v) is 26.2. The summed E-state index contributed by atoms with van der Waals surface area (Å²) >= 11 is 0. The minimum Gasteiger partial charge on any atom is -0.398 e. The molecule has 358 valence electrons. The number of benzene rings is 9. The average Bonchev–Trinajstić information content (AvgIpc) is 4.08. The molecule has 0 fully saturated rings. The molecular formula is C71H64N2. The summed E-state index contributed by atoms with van der Waals surface area (Å²) in [5, 5.41) is 2.48. The van der Waals surface area contributed by atoms with Gasteiger partial charge in [0.25, 0.3) is 0 Å². The molecule has 0 saturated carbocycles. The number of aryl methyl sites for hydroxylation is 1. The van der Waals surface area contributed by atoms with E-state index in [0.717, 1.165) is 47.3 Å². The highest BCUT2D eigenvalue weighted by Crippen LogP contribution is 2.63. The molecule has 3 aliphatic rings. The van der Waals surface area contributed by atoms with Gasteiger partial charge in [0.1, 0.15) is 0 Å². The fraction of sp³-hybridized carbons (Fsp3) is 0.127. The van der Waals surface area contributed by atoms with E-state index < -0.39 is 0 Å². The van der Waals surface area contributed by atoms with Crippen molar-refractivity contribution >= 4 is 33.1 Å². The summed E-state index contributed by atoms with van der Waals surface area (Å²) in [5.74, 6) is 0. The molecule has 0 amide bonds. The summed E-state index contributed by atoms with van der Waals surface area (Å²) in [6.45, 7) is 10.1. The Morgan fingerprint density at radius 1 is 0.493 bits per heavy atom. The topological polar surface area (TPSA) is 30.9 Å². The Labute approximate surface area is 432 Å². The maximum atomic E-state index is 6.72. The molecule has 2 N–H and O–H groups in total. The van der Waals surface area contributed by atoms with Crippen LogP contribution in [0.15, 0.2) is 254 Å². The molecule has 10 aromatic rings. The molecule has 3 aliphatic carbocycles. The van der Waals surface area contributed by atoms with Crippen LogP contribution in [-0.2, 0) is 5.41 Å². The van der Waals surface area contributed by atoms with Gasteiger partial charge in [-0.05, 0) is 147 Å². The van der Waals surface area contributed by atoms with E-state index in [1.807, 2.05) is 64.1 Å². The Bertz CT molecular complexity index is 3650. The normalized spacial score (nSPS) is 13.6. The van der Waals surface area contributed by atoms with E-state index in [1.165, 1.54) is 88.6 Å². The van der Waals surface area contributed by atoms with Crippen LogP contribution in [0.3, 0.4) is 0 Å². The number of rotatable bonds is 7. The van der Waals surface area contributed by atoms with Crippen LogP contribution in [0.5, 0.6) is 0 Å². The van der Waals surface area contributed by atoms with Crippen LogP contribution in [0, 0.1) is 6.92 Å². The summed E-state index contributed by atoms with van der Waals surface area (Å²) in [6.07, 6.45) is 14.4. The summed E-state index contributed by atoms with van der Waals surface area (Å²) in [6, 6.07) is 79.6. The lowest BCUT2D eigenvalue weighted by atomic mass is 9.70. The maximum Gasteiger partial charge on any atom is 0.0725 e. The first-order valence-electron chi connectivity index (χ1n) is 26.2. The van der Waals surface area contributed by atoms with Gasteiger partial charge in [-0.1, -0.05) is 240 Å². The Morgan fingerprint density at radius 3 is 1.64 bits per heavy atom. The third-order valence-corrected chi connectivity index (χ3v) is 14.4. The minimum absolute atomic E-state index is 0.337. The third-order valence-electron chi connectivity index (χ3n) is 14.4. The summed E-state index contributed by atoms with van der Waals surface area (Å²) < 4.78 is 2.41. The van der Waals surface area contributed by atoms with E-state index >= 15 is 0 Å². The van der Waals surface area contributed by atoms with Crippen LogP contribution in [-0.4, -0.2) is 4.57 Å². The number of aromatic nitrogens is 1. The number of hydrogen-bond acceptors (Lipinski definition) is 1. The van der Waals surface area contributed by atoms with Crippen molar-refractivity contribution in [2.24, 2.45) is 5.73 Å². The zero-order chi connectivity index (χ0) is 50.3. The van der Waals surface area contributed by atoms with Crippen LogP contribution in [0.2, 0.25) is 0 Å². The van der Waals surface area contributed by atoms with Crippen molar-refractivity contribution < 1.29 is 0 Å². The summed E-state index contributed by atoms with van der Waals surface area (Å²) in [7, 11) is 0. The second kappa shape index (κ2) is 21.5. The smallest absolute Gasteiger partial charge is 0.0725 e. The van der Waals surface area contributed by atoms with Crippen molar-refractivity contribution in [1.29, 1.82) is 0 Å². The molecule has 13 rings (SSSR count). The van der Waals surface area contributed by atoms with Crippen LogP contribution in [0.4, 0.5) is 0 Å². The molecule has 2 nitrogen and oxygen atoms in total. The van der Waals surface area contributed by atoms with Crippen molar-refractivity contribution in [3.63, 3.8) is 0 Å². The second-order valence-electron chi connectivity index (χ2n) is 18.5. The molecule has 1 heterocycles. The van der Waals surface area contributed by atoms with E-state index in [1.54, 1.807) is 0 Å². The SMILES string of the molecule is CC.CC.Cc1ccccc1.N/C(=C\C(=C/CC1=CCCC=C1)c1ccc(-n2c3ccccc3c3cc(-c4ccc5c(c4)-c4ccccc4C54c5ccccc5-c5ccccc54)ccc32)cc1)c1ccccc1. The monoisotopic (exact) mass is 945 g/mol. The third kappa shape index (κ3) is 8.89. The fourth-order valence-electron chi connectivity index (χ4n) is 11.2. The largest absolute Gasteiger partial charge is 0.398 e. The van der Waals surface area contributed by atoms with Crippen molar-refractivity contribution in [2.45, 2.75) is 59.3 Å². The Kier molecular flexibility index (Phi) is 14.2. The molecular weight excluding hydrogens is 881 g/mol. The highest BCUT2D eigenvalue weighted by Gasteiger charge is 2.51. The van der Waals surface area contributed by atoms with Crippen molar-refractivity contribution in [3.8, 4) is 39.1 Å². The standard InChI is InChI=1S/C60H44N2.C7H8.2C2H6/c61-57(42-17-5-2-6-18-42)39-45(28-27-40-15-3-1-4-16-40)41-29-33-46(34-30-41)62-58-26-14-10-22-50(58)52-38-44(32-36-59(52)62)43-31-35-56-51(37-43)49-21-9-13-25-55(49)60(56)53-23-11-7-19-47(53)48-20-8-12-24-54(48)60;1-7-5-3-2-4-6-7;2*1-2/h2-3,5-26,28-39H,1,4,27,61H2;2-6H,1H3;2*1-2H3/b45-28+,57-39-;;;. The lowest BCUT2D eigenvalue weighted by Crippen LogP contribution is -2.25. The summed E-state index contributed by atoms with van der Waals surface area (Å²) in [4.78, 5) is 0. The van der Waals surface area contributed by atoms with Crippen molar-refractivity contribution in [2.75, 3.05) is 0 Å². The lowest BCUT2D eigenvalue weighted by Gasteiger charge is -2.30. The molecule has 0 unspecified atom stereocenters. The number of hydrogen-bond donors (Lipinski definition) is 1. The van der Waals surface area contributed by atoms with Crippen LogP contribution < -0.4 is 5.73 Å². The minimum atomic E-state index is -0.337. The van der Waals surface area contributed by atoms with Gasteiger partial charge in [0.2, 0.25) is 0 Å². The van der Waals surface area contributed by atoms with Gasteiger partial charge in [-0.25, -0.2) is 0 Å². The first-order chi connectivity index (χ1) is 36.1. The van der Waals surface area contributed by atoms with Gasteiger partial charge in [-0.15, -0.1) is 0 Å². The van der Waals surface area contributed by atoms with E-state index in [9.17, 15) is 0 Å². The van der Waals surface area contributed by atoms with E-state index in [0.29, 0.717) is 0 Å². The number of para-hydroxylation sites is 1.